The number of carboxylic acids is 2. The Kier molecular flexibility index (Phi) is 7.36. The highest BCUT2D eigenvalue weighted by atomic mass is 16.4. The van der Waals surface area contributed by atoms with Gasteiger partial charge in [-0.15, -0.1) is 0 Å². The molecule has 26 heavy (non-hydrogen) atoms. The predicted molar refractivity (Wildman–Crippen MR) is 99.9 cm³/mol. The summed E-state index contributed by atoms with van der Waals surface area (Å²) in [4.78, 5) is 22.3. The summed E-state index contributed by atoms with van der Waals surface area (Å²) in [5.74, 6) is -2.71. The van der Waals surface area contributed by atoms with Crippen LogP contribution in [0.15, 0.2) is 60.7 Å². The number of carbonyl (C=O) groups is 2. The summed E-state index contributed by atoms with van der Waals surface area (Å²) in [5.41, 5.74) is 7.88. The fourth-order valence-electron chi connectivity index (χ4n) is 3.21. The van der Waals surface area contributed by atoms with Gasteiger partial charge in [-0.05, 0) is 30.4 Å². The number of carboxylic acid groups (broad SMARTS) is 2. The first kappa shape index (κ1) is 19.7. The predicted octanol–water partition coefficient (Wildman–Crippen LogP) is 3.49. The van der Waals surface area contributed by atoms with Gasteiger partial charge in [0, 0.05) is 5.92 Å². The van der Waals surface area contributed by atoms with Crippen molar-refractivity contribution in [1.82, 2.24) is 0 Å². The Labute approximate surface area is 153 Å². The highest BCUT2D eigenvalue weighted by Gasteiger charge is 2.24. The van der Waals surface area contributed by atoms with E-state index in [2.05, 4.69) is 24.3 Å². The van der Waals surface area contributed by atoms with Crippen molar-refractivity contribution in [3.63, 3.8) is 0 Å². The molecule has 1 unspecified atom stereocenters. The van der Waals surface area contributed by atoms with Gasteiger partial charge in [0.2, 0.25) is 0 Å². The third-order valence-electron chi connectivity index (χ3n) is 4.65. The van der Waals surface area contributed by atoms with Crippen LogP contribution in [0.5, 0.6) is 0 Å². The molecule has 0 heterocycles. The van der Waals surface area contributed by atoms with Gasteiger partial charge in [0.15, 0.2) is 0 Å². The highest BCUT2D eigenvalue weighted by Crippen LogP contribution is 2.30. The van der Waals surface area contributed by atoms with E-state index in [-0.39, 0.29) is 12.3 Å². The van der Waals surface area contributed by atoms with Gasteiger partial charge in [-0.1, -0.05) is 67.1 Å². The molecule has 0 fully saturated rings. The summed E-state index contributed by atoms with van der Waals surface area (Å²) in [6, 6.07) is 19.1. The van der Waals surface area contributed by atoms with Crippen LogP contribution in [0.25, 0.3) is 0 Å². The molecule has 2 rings (SSSR count). The number of rotatable bonds is 10. The Morgan fingerprint density at radius 3 is 1.73 bits per heavy atom. The SMILES string of the molecule is NC(C[C@H](CCCC(c1ccccc1)c1ccccc1)C(=O)O)C(=O)O. The van der Waals surface area contributed by atoms with Crippen LogP contribution in [0.1, 0.15) is 42.7 Å². The minimum Gasteiger partial charge on any atom is -0.481 e. The van der Waals surface area contributed by atoms with Crippen molar-refractivity contribution < 1.29 is 19.8 Å². The van der Waals surface area contributed by atoms with Gasteiger partial charge in [0.1, 0.15) is 6.04 Å². The largest absolute Gasteiger partial charge is 0.481 e. The molecule has 2 atom stereocenters. The van der Waals surface area contributed by atoms with Crippen LogP contribution in [-0.4, -0.2) is 28.2 Å². The fraction of sp³-hybridized carbons (Fsp3) is 0.333. The molecule has 0 amide bonds. The van der Waals surface area contributed by atoms with Crippen LogP contribution >= 0.6 is 0 Å². The smallest absolute Gasteiger partial charge is 0.320 e. The lowest BCUT2D eigenvalue weighted by atomic mass is 9.85. The average molecular weight is 355 g/mol. The fourth-order valence-corrected chi connectivity index (χ4v) is 3.21. The van der Waals surface area contributed by atoms with E-state index in [9.17, 15) is 14.7 Å². The third-order valence-corrected chi connectivity index (χ3v) is 4.65. The van der Waals surface area contributed by atoms with Crippen molar-refractivity contribution >= 4 is 11.9 Å². The number of benzene rings is 2. The molecule has 0 aliphatic carbocycles. The van der Waals surface area contributed by atoms with Crippen LogP contribution < -0.4 is 5.73 Å². The summed E-state index contributed by atoms with van der Waals surface area (Å²) in [7, 11) is 0. The monoisotopic (exact) mass is 355 g/mol. The Morgan fingerprint density at radius 2 is 1.31 bits per heavy atom. The summed E-state index contributed by atoms with van der Waals surface area (Å²) < 4.78 is 0. The molecule has 0 bridgehead atoms. The molecule has 2 aromatic carbocycles. The summed E-state index contributed by atoms with van der Waals surface area (Å²) in [5, 5.41) is 18.3. The van der Waals surface area contributed by atoms with Crippen molar-refractivity contribution in [2.24, 2.45) is 11.7 Å². The highest BCUT2D eigenvalue weighted by molar-refractivity contribution is 5.75. The molecule has 5 nitrogen and oxygen atoms in total. The normalized spacial score (nSPS) is 13.3. The van der Waals surface area contributed by atoms with Gasteiger partial charge in [-0.3, -0.25) is 9.59 Å². The van der Waals surface area contributed by atoms with Crippen molar-refractivity contribution in [1.29, 1.82) is 0 Å². The van der Waals surface area contributed by atoms with Gasteiger partial charge >= 0.3 is 11.9 Å². The number of aliphatic carboxylic acids is 2. The van der Waals surface area contributed by atoms with Crippen LogP contribution in [0.4, 0.5) is 0 Å². The first-order chi connectivity index (χ1) is 12.5. The minimum atomic E-state index is -1.16. The molecule has 0 spiro atoms. The minimum absolute atomic E-state index is 0.0496. The molecular weight excluding hydrogens is 330 g/mol. The van der Waals surface area contributed by atoms with E-state index in [1.165, 1.54) is 11.1 Å². The molecule has 2 aromatic rings. The second kappa shape index (κ2) is 9.73. The second-order valence-electron chi connectivity index (χ2n) is 6.52. The van der Waals surface area contributed by atoms with E-state index in [0.717, 1.165) is 6.42 Å². The molecule has 5 heteroatoms. The molecule has 0 aliphatic rings. The van der Waals surface area contributed by atoms with Crippen molar-refractivity contribution in [3.8, 4) is 0 Å². The summed E-state index contributed by atoms with van der Waals surface area (Å²) >= 11 is 0. The Morgan fingerprint density at radius 1 is 0.808 bits per heavy atom. The lowest BCUT2D eigenvalue weighted by molar-refractivity contribution is -0.143. The van der Waals surface area contributed by atoms with Gasteiger partial charge in [0.05, 0.1) is 5.92 Å². The quantitative estimate of drug-likeness (QED) is 0.606. The Hall–Kier alpha value is -2.66. The number of nitrogens with two attached hydrogens (primary N) is 1. The molecule has 0 aliphatic heterocycles. The standard InChI is InChI=1S/C21H25NO4/c22-19(21(25)26)14-17(20(23)24)12-7-13-18(15-8-3-1-4-9-15)16-10-5-2-6-11-16/h1-6,8-11,17-19H,7,12-14,22H2,(H,23,24)(H,25,26)/t17-,19?/m0/s1. The average Bonchev–Trinajstić information content (AvgIpc) is 2.65. The maximum Gasteiger partial charge on any atom is 0.320 e. The maximum atomic E-state index is 11.4. The molecule has 0 radical (unpaired) electrons. The zero-order chi connectivity index (χ0) is 18.9. The lowest BCUT2D eigenvalue weighted by Gasteiger charge is -2.20. The number of hydrogen-bond donors (Lipinski definition) is 3. The zero-order valence-electron chi connectivity index (χ0n) is 14.6. The molecule has 4 N–H and O–H groups in total. The molecule has 0 aromatic heterocycles. The first-order valence-electron chi connectivity index (χ1n) is 8.80. The van der Waals surface area contributed by atoms with Gasteiger partial charge in [-0.2, -0.15) is 0 Å². The van der Waals surface area contributed by atoms with Crippen molar-refractivity contribution in [3.05, 3.63) is 71.8 Å². The summed E-state index contributed by atoms with van der Waals surface area (Å²) in [6.07, 6.45) is 1.83. The van der Waals surface area contributed by atoms with E-state index < -0.39 is 23.9 Å². The van der Waals surface area contributed by atoms with E-state index >= 15 is 0 Å². The van der Waals surface area contributed by atoms with Crippen LogP contribution in [0, 0.1) is 5.92 Å². The van der Waals surface area contributed by atoms with Gasteiger partial charge in [0.25, 0.3) is 0 Å². The Bertz CT molecular complexity index is 663. The van der Waals surface area contributed by atoms with Gasteiger partial charge in [-0.25, -0.2) is 0 Å². The van der Waals surface area contributed by atoms with E-state index in [1.54, 1.807) is 0 Å². The topological polar surface area (TPSA) is 101 Å². The van der Waals surface area contributed by atoms with E-state index in [0.29, 0.717) is 12.8 Å². The molecule has 138 valence electrons. The second-order valence-corrected chi connectivity index (χ2v) is 6.52. The summed E-state index contributed by atoms with van der Waals surface area (Å²) in [6.45, 7) is 0. The van der Waals surface area contributed by atoms with Crippen LogP contribution in [-0.2, 0) is 9.59 Å². The van der Waals surface area contributed by atoms with E-state index in [1.807, 2.05) is 36.4 Å². The van der Waals surface area contributed by atoms with E-state index in [4.69, 9.17) is 10.8 Å². The zero-order valence-corrected chi connectivity index (χ0v) is 14.6. The van der Waals surface area contributed by atoms with Crippen LogP contribution in [0.2, 0.25) is 0 Å². The number of hydrogen-bond acceptors (Lipinski definition) is 3. The molecule has 0 saturated heterocycles. The third kappa shape index (κ3) is 5.70. The van der Waals surface area contributed by atoms with Gasteiger partial charge < -0.3 is 15.9 Å². The molecule has 0 saturated carbocycles. The molecular formula is C21H25NO4. The first-order valence-corrected chi connectivity index (χ1v) is 8.80. The lowest BCUT2D eigenvalue weighted by Crippen LogP contribution is -2.34. The van der Waals surface area contributed by atoms with Crippen molar-refractivity contribution in [2.45, 2.75) is 37.6 Å². The van der Waals surface area contributed by atoms with Crippen LogP contribution in [0.3, 0.4) is 0 Å². The Balaban J connectivity index is 2.05. The van der Waals surface area contributed by atoms with Crippen molar-refractivity contribution in [2.75, 3.05) is 0 Å². The maximum absolute atomic E-state index is 11.4.